The van der Waals surface area contributed by atoms with Gasteiger partial charge in [-0.15, -0.1) is 0 Å². The molecule has 90 valence electrons. The molecule has 0 radical (unpaired) electrons. The van der Waals surface area contributed by atoms with Gasteiger partial charge in [0.25, 0.3) is 0 Å². The van der Waals surface area contributed by atoms with Crippen LogP contribution < -0.4 is 0 Å². The minimum absolute atomic E-state index is 0.0161. The lowest BCUT2D eigenvalue weighted by molar-refractivity contribution is 0.271. The minimum Gasteiger partial charge on any atom is -0.390 e. The molecule has 0 fully saturated rings. The maximum Gasteiger partial charge on any atom is 0.195 e. The first-order valence-corrected chi connectivity index (χ1v) is 6.03. The number of nitrogens with zero attached hydrogens (tertiary/aromatic N) is 4. The monoisotopic (exact) mass is 250 g/mol. The van der Waals surface area contributed by atoms with Crippen molar-refractivity contribution in [2.24, 2.45) is 7.05 Å². The highest BCUT2D eigenvalue weighted by Gasteiger charge is 2.09. The maximum atomic E-state index is 9.08. The molecule has 0 aliphatic carbocycles. The van der Waals surface area contributed by atoms with Gasteiger partial charge in [0.1, 0.15) is 0 Å². The predicted molar refractivity (Wildman–Crippen MR) is 64.8 cm³/mol. The molecule has 5 nitrogen and oxygen atoms in total. The quantitative estimate of drug-likeness (QED) is 0.836. The molecule has 0 atom stereocenters. The van der Waals surface area contributed by atoms with E-state index < -0.39 is 0 Å². The van der Waals surface area contributed by atoms with Crippen molar-refractivity contribution in [2.75, 3.05) is 0 Å². The smallest absolute Gasteiger partial charge is 0.195 e. The fourth-order valence-electron chi connectivity index (χ4n) is 1.49. The van der Waals surface area contributed by atoms with E-state index in [-0.39, 0.29) is 6.61 Å². The molecule has 0 aliphatic rings. The number of aliphatic hydroxyl groups is 1. The number of rotatable bonds is 3. The van der Waals surface area contributed by atoms with Crippen LogP contribution in [0.4, 0.5) is 0 Å². The zero-order chi connectivity index (χ0) is 12.4. The van der Waals surface area contributed by atoms with Crippen LogP contribution in [-0.4, -0.2) is 24.6 Å². The summed E-state index contributed by atoms with van der Waals surface area (Å²) in [6.45, 7) is 3.87. The molecule has 0 saturated carbocycles. The second-order valence-corrected chi connectivity index (χ2v) is 4.72. The summed E-state index contributed by atoms with van der Waals surface area (Å²) in [5.41, 5.74) is 2.66. The molecule has 2 rings (SSSR count). The van der Waals surface area contributed by atoms with E-state index in [2.05, 4.69) is 15.0 Å². The zero-order valence-electron chi connectivity index (χ0n) is 10.0. The first-order chi connectivity index (χ1) is 8.10. The van der Waals surface area contributed by atoms with Crippen molar-refractivity contribution in [1.82, 2.24) is 19.5 Å². The van der Waals surface area contributed by atoms with Gasteiger partial charge in [-0.3, -0.25) is 0 Å². The molecule has 0 unspecified atom stereocenters. The highest BCUT2D eigenvalue weighted by molar-refractivity contribution is 7.99. The SMILES string of the molecule is Cc1cc(C)nc(Sc2ncc(CO)n2C)n1. The largest absolute Gasteiger partial charge is 0.390 e. The highest BCUT2D eigenvalue weighted by Crippen LogP contribution is 2.24. The van der Waals surface area contributed by atoms with E-state index in [1.807, 2.05) is 31.5 Å². The first-order valence-electron chi connectivity index (χ1n) is 5.21. The number of hydrogen-bond acceptors (Lipinski definition) is 5. The molecule has 0 aromatic carbocycles. The summed E-state index contributed by atoms with van der Waals surface area (Å²) in [7, 11) is 1.86. The minimum atomic E-state index is -0.0161. The third-order valence-corrected chi connectivity index (χ3v) is 3.28. The average molecular weight is 250 g/mol. The van der Waals surface area contributed by atoms with Crippen LogP contribution in [0.2, 0.25) is 0 Å². The van der Waals surface area contributed by atoms with Gasteiger partial charge in [-0.1, -0.05) is 0 Å². The molecule has 17 heavy (non-hydrogen) atoms. The van der Waals surface area contributed by atoms with Gasteiger partial charge in [0.05, 0.1) is 18.5 Å². The molecule has 0 bridgehead atoms. The van der Waals surface area contributed by atoms with Gasteiger partial charge in [-0.25, -0.2) is 15.0 Å². The summed E-state index contributed by atoms with van der Waals surface area (Å²) in [6, 6.07) is 1.93. The number of aryl methyl sites for hydroxylation is 2. The number of hydrogen-bond donors (Lipinski definition) is 1. The number of aliphatic hydroxyl groups excluding tert-OH is 1. The lowest BCUT2D eigenvalue weighted by Crippen LogP contribution is -1.99. The standard InChI is InChI=1S/C11H14N4OS/c1-7-4-8(2)14-10(13-7)17-11-12-5-9(6-16)15(11)3/h4-5,16H,6H2,1-3H3. The summed E-state index contributed by atoms with van der Waals surface area (Å²) >= 11 is 1.40. The number of imidazole rings is 1. The van der Waals surface area contributed by atoms with Crippen molar-refractivity contribution in [2.45, 2.75) is 30.8 Å². The van der Waals surface area contributed by atoms with Crippen LogP contribution >= 0.6 is 11.8 Å². The van der Waals surface area contributed by atoms with Gasteiger partial charge in [0.2, 0.25) is 0 Å². The Balaban J connectivity index is 2.28. The first kappa shape index (κ1) is 12.1. The van der Waals surface area contributed by atoms with Gasteiger partial charge in [-0.05, 0) is 31.7 Å². The molecule has 0 aliphatic heterocycles. The van der Waals surface area contributed by atoms with Crippen molar-refractivity contribution in [1.29, 1.82) is 0 Å². The average Bonchev–Trinajstić information content (AvgIpc) is 2.58. The van der Waals surface area contributed by atoms with Gasteiger partial charge in [0, 0.05) is 18.4 Å². The molecule has 2 heterocycles. The van der Waals surface area contributed by atoms with E-state index in [0.29, 0.717) is 5.16 Å². The van der Waals surface area contributed by atoms with Crippen LogP contribution in [0.25, 0.3) is 0 Å². The van der Waals surface area contributed by atoms with E-state index in [0.717, 1.165) is 22.2 Å². The molecule has 0 amide bonds. The molecule has 6 heteroatoms. The summed E-state index contributed by atoms with van der Waals surface area (Å²) in [5, 5.41) is 10.5. The van der Waals surface area contributed by atoms with E-state index in [4.69, 9.17) is 5.11 Å². The number of aromatic nitrogens is 4. The van der Waals surface area contributed by atoms with E-state index in [1.54, 1.807) is 6.20 Å². The fourth-order valence-corrected chi connectivity index (χ4v) is 2.39. The second-order valence-electron chi connectivity index (χ2n) is 3.78. The van der Waals surface area contributed by atoms with Crippen LogP contribution in [0.3, 0.4) is 0 Å². The third-order valence-electron chi connectivity index (χ3n) is 2.35. The van der Waals surface area contributed by atoms with Crippen LogP contribution in [0.5, 0.6) is 0 Å². The van der Waals surface area contributed by atoms with E-state index >= 15 is 0 Å². The highest BCUT2D eigenvalue weighted by atomic mass is 32.2. The van der Waals surface area contributed by atoms with Gasteiger partial charge in [0.15, 0.2) is 10.3 Å². The van der Waals surface area contributed by atoms with Gasteiger partial charge < -0.3 is 9.67 Å². The summed E-state index contributed by atoms with van der Waals surface area (Å²) in [5.74, 6) is 0. The summed E-state index contributed by atoms with van der Waals surface area (Å²) in [4.78, 5) is 12.9. The normalized spacial score (nSPS) is 10.8. The van der Waals surface area contributed by atoms with Crippen molar-refractivity contribution in [3.63, 3.8) is 0 Å². The third kappa shape index (κ3) is 2.65. The molecule has 0 spiro atoms. The topological polar surface area (TPSA) is 63.8 Å². The lowest BCUT2D eigenvalue weighted by Gasteiger charge is -2.04. The fraction of sp³-hybridized carbons (Fsp3) is 0.364. The van der Waals surface area contributed by atoms with E-state index in [1.165, 1.54) is 11.8 Å². The molecule has 0 saturated heterocycles. The van der Waals surface area contributed by atoms with Crippen LogP contribution in [0, 0.1) is 13.8 Å². The summed E-state index contributed by atoms with van der Waals surface area (Å²) < 4.78 is 1.84. The Kier molecular flexibility index (Phi) is 3.44. The van der Waals surface area contributed by atoms with Crippen LogP contribution in [0.1, 0.15) is 17.1 Å². The Bertz CT molecular complexity index is 518. The van der Waals surface area contributed by atoms with Crippen molar-refractivity contribution in [3.8, 4) is 0 Å². The zero-order valence-corrected chi connectivity index (χ0v) is 10.8. The Morgan fingerprint density at radius 1 is 1.29 bits per heavy atom. The molecule has 2 aromatic heterocycles. The van der Waals surface area contributed by atoms with Crippen LogP contribution in [0.15, 0.2) is 22.6 Å². The maximum absolute atomic E-state index is 9.08. The summed E-state index contributed by atoms with van der Waals surface area (Å²) in [6.07, 6.45) is 1.66. The molecule has 1 N–H and O–H groups in total. The molecule has 2 aromatic rings. The second kappa shape index (κ2) is 4.85. The Hall–Kier alpha value is -1.40. The Labute approximate surface area is 104 Å². The van der Waals surface area contributed by atoms with Crippen molar-refractivity contribution >= 4 is 11.8 Å². The van der Waals surface area contributed by atoms with Crippen molar-refractivity contribution in [3.05, 3.63) is 29.3 Å². The Morgan fingerprint density at radius 2 is 1.94 bits per heavy atom. The Morgan fingerprint density at radius 3 is 2.47 bits per heavy atom. The lowest BCUT2D eigenvalue weighted by atomic mass is 10.4. The van der Waals surface area contributed by atoms with Gasteiger partial charge in [-0.2, -0.15) is 0 Å². The van der Waals surface area contributed by atoms with Crippen molar-refractivity contribution < 1.29 is 5.11 Å². The molecular formula is C11H14N4OS. The van der Waals surface area contributed by atoms with Crippen LogP contribution in [-0.2, 0) is 13.7 Å². The molecular weight excluding hydrogens is 236 g/mol. The van der Waals surface area contributed by atoms with Gasteiger partial charge >= 0.3 is 0 Å². The van der Waals surface area contributed by atoms with E-state index in [9.17, 15) is 0 Å². The predicted octanol–water partition coefficient (Wildman–Crippen LogP) is 1.47.